The summed E-state index contributed by atoms with van der Waals surface area (Å²) < 4.78 is 6.52. The van der Waals surface area contributed by atoms with Gasteiger partial charge >= 0.3 is 5.97 Å². The summed E-state index contributed by atoms with van der Waals surface area (Å²) in [5, 5.41) is 16.6. The molecule has 0 saturated heterocycles. The number of carboxylic acid groups (broad SMARTS) is 1. The lowest BCUT2D eigenvalue weighted by Crippen LogP contribution is -2.21. The molecule has 122 valence electrons. The Kier molecular flexibility index (Phi) is 4.15. The molecule has 0 fully saturated rings. The summed E-state index contributed by atoms with van der Waals surface area (Å²) in [7, 11) is 1.54. The van der Waals surface area contributed by atoms with Gasteiger partial charge in [-0.05, 0) is 29.8 Å². The number of hydrogen-bond donors (Lipinski definition) is 2. The van der Waals surface area contributed by atoms with E-state index in [-0.39, 0.29) is 18.1 Å². The second-order valence-corrected chi connectivity index (χ2v) is 5.22. The molecule has 3 rings (SSSR count). The number of benzene rings is 1. The quantitative estimate of drug-likeness (QED) is 0.701. The first kappa shape index (κ1) is 15.5. The summed E-state index contributed by atoms with van der Waals surface area (Å²) in [5.41, 5.74) is 2.16. The normalized spacial score (nSPS) is 11.2. The summed E-state index contributed by atoms with van der Waals surface area (Å²) in [4.78, 5) is 23.0. The van der Waals surface area contributed by atoms with Crippen molar-refractivity contribution in [1.82, 2.24) is 15.1 Å². The average Bonchev–Trinajstić information content (AvgIpc) is 3.16. The van der Waals surface area contributed by atoms with Crippen LogP contribution in [0.2, 0.25) is 0 Å². The maximum absolute atomic E-state index is 11.9. The SMILES string of the molecule is Cn1ncc(CNC(=O)/C=C/c2ccc3occc3c2)c1C(=O)O. The number of carboxylic acids is 1. The summed E-state index contributed by atoms with van der Waals surface area (Å²) in [5.74, 6) is -1.40. The second-order valence-electron chi connectivity index (χ2n) is 5.22. The van der Waals surface area contributed by atoms with Crippen molar-refractivity contribution in [2.75, 3.05) is 0 Å². The van der Waals surface area contributed by atoms with E-state index in [2.05, 4.69) is 10.4 Å². The van der Waals surface area contributed by atoms with Crippen LogP contribution in [0.25, 0.3) is 17.0 Å². The van der Waals surface area contributed by atoms with Gasteiger partial charge in [-0.2, -0.15) is 5.10 Å². The van der Waals surface area contributed by atoms with E-state index >= 15 is 0 Å². The average molecular weight is 325 g/mol. The number of amides is 1. The zero-order valence-corrected chi connectivity index (χ0v) is 12.9. The lowest BCUT2D eigenvalue weighted by atomic mass is 10.1. The monoisotopic (exact) mass is 325 g/mol. The Morgan fingerprint density at radius 2 is 2.21 bits per heavy atom. The molecule has 2 N–H and O–H groups in total. The van der Waals surface area contributed by atoms with E-state index in [1.807, 2.05) is 24.3 Å². The van der Waals surface area contributed by atoms with Gasteiger partial charge in [0, 0.05) is 30.6 Å². The fourth-order valence-electron chi connectivity index (χ4n) is 2.39. The van der Waals surface area contributed by atoms with Crippen molar-refractivity contribution in [3.63, 3.8) is 0 Å². The molecule has 1 aromatic carbocycles. The topological polar surface area (TPSA) is 97.4 Å². The standard InChI is InChI=1S/C17H15N3O4/c1-20-16(17(22)23)13(10-19-20)9-18-15(21)5-3-11-2-4-14-12(8-11)6-7-24-14/h2-8,10H,9H2,1H3,(H,18,21)(H,22,23)/b5-3+. The first-order chi connectivity index (χ1) is 11.5. The van der Waals surface area contributed by atoms with Gasteiger partial charge in [-0.25, -0.2) is 4.79 Å². The minimum Gasteiger partial charge on any atom is -0.477 e. The fourth-order valence-corrected chi connectivity index (χ4v) is 2.39. The molecular weight excluding hydrogens is 310 g/mol. The maximum atomic E-state index is 11.9. The van der Waals surface area contributed by atoms with Crippen LogP contribution < -0.4 is 5.32 Å². The Morgan fingerprint density at radius 1 is 1.38 bits per heavy atom. The van der Waals surface area contributed by atoms with Crippen LogP contribution in [0, 0.1) is 0 Å². The van der Waals surface area contributed by atoms with Gasteiger partial charge in [0.05, 0.1) is 12.5 Å². The largest absolute Gasteiger partial charge is 0.477 e. The van der Waals surface area contributed by atoms with Crippen molar-refractivity contribution in [3.8, 4) is 0 Å². The molecule has 0 spiro atoms. The lowest BCUT2D eigenvalue weighted by Gasteiger charge is -2.02. The Hall–Kier alpha value is -3.35. The van der Waals surface area contributed by atoms with E-state index in [0.717, 1.165) is 16.5 Å². The Labute approximate surface area is 137 Å². The van der Waals surface area contributed by atoms with Crippen LogP contribution in [-0.2, 0) is 18.4 Å². The van der Waals surface area contributed by atoms with E-state index in [0.29, 0.717) is 5.56 Å². The predicted molar refractivity (Wildman–Crippen MR) is 87.3 cm³/mol. The predicted octanol–water partition coefficient (Wildman–Crippen LogP) is 2.19. The van der Waals surface area contributed by atoms with Crippen molar-refractivity contribution >= 4 is 28.9 Å². The molecule has 0 radical (unpaired) electrons. The third-order valence-corrected chi connectivity index (χ3v) is 3.57. The molecule has 0 aliphatic heterocycles. The van der Waals surface area contributed by atoms with Crippen molar-refractivity contribution < 1.29 is 19.1 Å². The highest BCUT2D eigenvalue weighted by molar-refractivity contribution is 5.93. The third-order valence-electron chi connectivity index (χ3n) is 3.57. The molecule has 24 heavy (non-hydrogen) atoms. The molecule has 2 heterocycles. The number of carbonyl (C=O) groups is 2. The van der Waals surface area contributed by atoms with Crippen LogP contribution in [0.3, 0.4) is 0 Å². The molecule has 1 amide bonds. The number of nitrogens with one attached hydrogen (secondary N) is 1. The van der Waals surface area contributed by atoms with Gasteiger partial charge in [0.2, 0.25) is 5.91 Å². The minimum absolute atomic E-state index is 0.0599. The second kappa shape index (κ2) is 6.41. The van der Waals surface area contributed by atoms with Crippen molar-refractivity contribution in [2.24, 2.45) is 7.05 Å². The van der Waals surface area contributed by atoms with E-state index < -0.39 is 5.97 Å². The molecular formula is C17H15N3O4. The van der Waals surface area contributed by atoms with Crippen molar-refractivity contribution in [3.05, 3.63) is 59.6 Å². The van der Waals surface area contributed by atoms with Gasteiger partial charge in [-0.1, -0.05) is 6.07 Å². The number of nitrogens with zero attached hydrogens (tertiary/aromatic N) is 2. The molecule has 7 nitrogen and oxygen atoms in total. The lowest BCUT2D eigenvalue weighted by molar-refractivity contribution is -0.116. The third kappa shape index (κ3) is 3.19. The molecule has 0 aliphatic rings. The number of rotatable bonds is 5. The van der Waals surface area contributed by atoms with Gasteiger partial charge in [0.15, 0.2) is 5.69 Å². The zero-order valence-electron chi connectivity index (χ0n) is 12.9. The van der Waals surface area contributed by atoms with Crippen molar-refractivity contribution in [2.45, 2.75) is 6.54 Å². The number of hydrogen-bond acceptors (Lipinski definition) is 4. The first-order valence-electron chi connectivity index (χ1n) is 7.22. The van der Waals surface area contributed by atoms with Gasteiger partial charge in [0.1, 0.15) is 5.58 Å². The summed E-state index contributed by atoms with van der Waals surface area (Å²) in [6, 6.07) is 7.44. The number of furan rings is 1. The maximum Gasteiger partial charge on any atom is 0.354 e. The number of aromatic nitrogens is 2. The summed E-state index contributed by atoms with van der Waals surface area (Å²) in [6.07, 6.45) is 6.13. The molecule has 0 unspecified atom stereocenters. The molecule has 0 aliphatic carbocycles. The van der Waals surface area contributed by atoms with E-state index in [1.54, 1.807) is 19.4 Å². The van der Waals surface area contributed by atoms with Crippen LogP contribution in [0.4, 0.5) is 0 Å². The fraction of sp³-hybridized carbons (Fsp3) is 0.118. The van der Waals surface area contributed by atoms with Crippen LogP contribution >= 0.6 is 0 Å². The minimum atomic E-state index is -1.08. The van der Waals surface area contributed by atoms with Crippen molar-refractivity contribution in [1.29, 1.82) is 0 Å². The van der Waals surface area contributed by atoms with Crippen LogP contribution in [0.1, 0.15) is 21.6 Å². The Balaban J connectivity index is 1.64. The Bertz CT molecular complexity index is 936. The first-order valence-corrected chi connectivity index (χ1v) is 7.22. The molecule has 0 atom stereocenters. The highest BCUT2D eigenvalue weighted by atomic mass is 16.4. The molecule has 7 heteroatoms. The molecule has 0 bridgehead atoms. The van der Waals surface area contributed by atoms with Gasteiger partial charge in [-0.3, -0.25) is 9.48 Å². The number of aromatic carboxylic acids is 1. The van der Waals surface area contributed by atoms with Gasteiger partial charge < -0.3 is 14.8 Å². The van der Waals surface area contributed by atoms with E-state index in [1.165, 1.54) is 17.0 Å². The number of aryl methyl sites for hydroxylation is 1. The molecule has 0 saturated carbocycles. The highest BCUT2D eigenvalue weighted by Crippen LogP contribution is 2.17. The summed E-state index contributed by atoms with van der Waals surface area (Å²) >= 11 is 0. The highest BCUT2D eigenvalue weighted by Gasteiger charge is 2.15. The molecule has 2 aromatic heterocycles. The van der Waals surface area contributed by atoms with Crippen LogP contribution in [0.5, 0.6) is 0 Å². The smallest absolute Gasteiger partial charge is 0.354 e. The van der Waals surface area contributed by atoms with Gasteiger partial charge in [0.25, 0.3) is 0 Å². The van der Waals surface area contributed by atoms with E-state index in [9.17, 15) is 9.59 Å². The van der Waals surface area contributed by atoms with E-state index in [4.69, 9.17) is 9.52 Å². The van der Waals surface area contributed by atoms with Gasteiger partial charge in [-0.15, -0.1) is 0 Å². The zero-order chi connectivity index (χ0) is 17.1. The summed E-state index contributed by atoms with van der Waals surface area (Å²) in [6.45, 7) is 0.0966. The Morgan fingerprint density at radius 3 is 3.00 bits per heavy atom. The van der Waals surface area contributed by atoms with Crippen LogP contribution in [0.15, 0.2) is 47.2 Å². The molecule has 3 aromatic rings. The number of carbonyl (C=O) groups excluding carboxylic acids is 1. The van der Waals surface area contributed by atoms with Crippen LogP contribution in [-0.4, -0.2) is 26.8 Å². The number of fused-ring (bicyclic) bond motifs is 1.